The maximum Gasteiger partial charge on any atom is 1.00 e. The van der Waals surface area contributed by atoms with Gasteiger partial charge in [0.05, 0.1) is 12.6 Å². The Labute approximate surface area is 127 Å². The summed E-state index contributed by atoms with van der Waals surface area (Å²) in [7, 11) is -4.18. The van der Waals surface area contributed by atoms with Gasteiger partial charge in [-0.3, -0.25) is 9.42 Å². The third kappa shape index (κ3) is 17.9. The number of phosphoric ester groups is 1. The van der Waals surface area contributed by atoms with Gasteiger partial charge in [0.25, 0.3) is 0 Å². The third-order valence-corrected chi connectivity index (χ3v) is 1.96. The Bertz CT molecular complexity index is 340. The molecule has 0 spiro atoms. The number of carbonyl (C=O) groups excluding carboxylic acids is 2. The maximum absolute atomic E-state index is 10.8. The Morgan fingerprint density at radius 1 is 1.50 bits per heavy atom. The van der Waals surface area contributed by atoms with Gasteiger partial charge in [-0.2, -0.15) is 0 Å². The first-order valence-corrected chi connectivity index (χ1v) is 5.95. The van der Waals surface area contributed by atoms with Gasteiger partial charge in [0, 0.05) is 6.08 Å². The van der Waals surface area contributed by atoms with Crippen molar-refractivity contribution in [3.63, 3.8) is 0 Å². The van der Waals surface area contributed by atoms with Crippen LogP contribution < -0.4 is 34.7 Å². The smallest absolute Gasteiger partial charge is 0.545 e. The second kappa shape index (κ2) is 13.0. The van der Waals surface area contributed by atoms with E-state index in [9.17, 15) is 9.36 Å². The van der Waals surface area contributed by atoms with Crippen molar-refractivity contribution in [2.45, 2.75) is 13.8 Å². The Morgan fingerprint density at radius 3 is 2.22 bits per heavy atom. The topological polar surface area (TPSA) is 113 Å². The predicted molar refractivity (Wildman–Crippen MR) is 57.6 cm³/mol. The molecular weight excluding hydrogens is 274 g/mol. The van der Waals surface area contributed by atoms with E-state index in [0.29, 0.717) is 0 Å². The molecule has 0 aliphatic rings. The Balaban J connectivity index is -0.000000321. The fraction of sp³-hybridized carbons (Fsp3) is 0.333. The summed E-state index contributed by atoms with van der Waals surface area (Å²) in [5.41, 5.74) is 0. The first-order chi connectivity index (χ1) is 7.79. The summed E-state index contributed by atoms with van der Waals surface area (Å²) in [6, 6.07) is 0. The van der Waals surface area contributed by atoms with Gasteiger partial charge in [-0.25, -0.2) is 9.36 Å². The SMILES string of the molecule is C=CC(=O)[O-].CC=CC(=O)OP(=O)(O)OCC.[Na+]. The largest absolute Gasteiger partial charge is 1.00 e. The van der Waals surface area contributed by atoms with Crippen LogP contribution in [0.5, 0.6) is 0 Å². The number of carboxylic acids is 1. The van der Waals surface area contributed by atoms with Crippen molar-refractivity contribution in [1.29, 1.82) is 0 Å². The molecule has 9 heteroatoms. The van der Waals surface area contributed by atoms with Gasteiger partial charge >= 0.3 is 43.3 Å². The minimum Gasteiger partial charge on any atom is -0.545 e. The molecule has 0 aromatic heterocycles. The Kier molecular flexibility index (Phi) is 16.4. The maximum atomic E-state index is 10.8. The van der Waals surface area contributed by atoms with Crippen LogP contribution in [-0.2, 0) is 23.2 Å². The molecule has 1 N–H and O–H groups in total. The summed E-state index contributed by atoms with van der Waals surface area (Å²) in [5, 5.41) is 9.14. The summed E-state index contributed by atoms with van der Waals surface area (Å²) in [4.78, 5) is 28.5. The van der Waals surface area contributed by atoms with Gasteiger partial charge in [-0.05, 0) is 19.9 Å². The molecule has 18 heavy (non-hydrogen) atoms. The van der Waals surface area contributed by atoms with E-state index < -0.39 is 19.8 Å². The summed E-state index contributed by atoms with van der Waals surface area (Å²) in [6.07, 6.45) is 3.15. The van der Waals surface area contributed by atoms with Crippen LogP contribution in [0.15, 0.2) is 24.8 Å². The summed E-state index contributed by atoms with van der Waals surface area (Å²) in [5.74, 6) is -2.12. The Morgan fingerprint density at radius 2 is 1.94 bits per heavy atom. The van der Waals surface area contributed by atoms with Gasteiger partial charge in [0.1, 0.15) is 0 Å². The van der Waals surface area contributed by atoms with Crippen LogP contribution in [0.4, 0.5) is 0 Å². The van der Waals surface area contributed by atoms with E-state index in [4.69, 9.17) is 14.8 Å². The number of aliphatic carboxylic acids is 1. The molecule has 0 aliphatic carbocycles. The van der Waals surface area contributed by atoms with E-state index in [1.54, 1.807) is 6.92 Å². The fourth-order valence-electron chi connectivity index (χ4n) is 0.470. The van der Waals surface area contributed by atoms with Crippen molar-refractivity contribution in [1.82, 2.24) is 0 Å². The van der Waals surface area contributed by atoms with Crippen molar-refractivity contribution in [3.8, 4) is 0 Å². The normalized spacial score (nSPS) is 12.4. The van der Waals surface area contributed by atoms with Crippen LogP contribution in [0.3, 0.4) is 0 Å². The molecule has 0 aliphatic heterocycles. The average molecular weight is 288 g/mol. The van der Waals surface area contributed by atoms with Crippen LogP contribution in [0, 0.1) is 0 Å². The van der Waals surface area contributed by atoms with E-state index in [0.717, 1.165) is 12.2 Å². The summed E-state index contributed by atoms with van der Waals surface area (Å²) >= 11 is 0. The van der Waals surface area contributed by atoms with Crippen molar-refractivity contribution >= 4 is 19.8 Å². The second-order valence-electron chi connectivity index (χ2n) is 2.32. The number of carbonyl (C=O) groups is 2. The molecule has 98 valence electrons. The molecule has 0 saturated carbocycles. The number of carboxylic acid groups (broad SMARTS) is 1. The fourth-order valence-corrected chi connectivity index (χ4v) is 1.14. The van der Waals surface area contributed by atoms with Gasteiger partial charge < -0.3 is 14.4 Å². The van der Waals surface area contributed by atoms with Crippen LogP contribution >= 0.6 is 7.82 Å². The number of phosphoric acid groups is 1. The van der Waals surface area contributed by atoms with E-state index in [1.807, 2.05) is 0 Å². The zero-order valence-electron chi connectivity index (χ0n) is 10.5. The standard InChI is InChI=1S/C6H11O5P.C3H4O2.Na/c1-3-5-6(7)11-12(8,9)10-4-2;1-2-3(4)5;/h3,5H,4H2,1-2H3,(H,8,9);2H,1H2,(H,4,5);/q;;+1/p-1. The molecule has 0 heterocycles. The van der Waals surface area contributed by atoms with Gasteiger partial charge in [-0.1, -0.05) is 12.7 Å². The van der Waals surface area contributed by atoms with E-state index in [1.165, 1.54) is 13.0 Å². The molecule has 7 nitrogen and oxygen atoms in total. The number of allylic oxidation sites excluding steroid dienone is 1. The van der Waals surface area contributed by atoms with Crippen molar-refractivity contribution in [2.24, 2.45) is 0 Å². The minimum absolute atomic E-state index is 0. The summed E-state index contributed by atoms with van der Waals surface area (Å²) < 4.78 is 19.1. The molecule has 0 aromatic carbocycles. The molecule has 0 rings (SSSR count). The second-order valence-corrected chi connectivity index (χ2v) is 3.70. The molecular formula is C9H14NaO7P. The average Bonchev–Trinajstić information content (AvgIpc) is 2.17. The number of hydrogen-bond acceptors (Lipinski definition) is 6. The molecule has 0 fully saturated rings. The molecule has 0 bridgehead atoms. The summed E-state index contributed by atoms with van der Waals surface area (Å²) in [6.45, 7) is 6.02. The molecule has 0 amide bonds. The minimum atomic E-state index is -4.18. The number of rotatable bonds is 5. The van der Waals surface area contributed by atoms with E-state index in [-0.39, 0.29) is 36.2 Å². The van der Waals surface area contributed by atoms with Crippen molar-refractivity contribution in [2.75, 3.05) is 6.61 Å². The van der Waals surface area contributed by atoms with E-state index in [2.05, 4.69) is 15.6 Å². The molecule has 0 aromatic rings. The Hall–Kier alpha value is -0.430. The first-order valence-electron chi connectivity index (χ1n) is 4.46. The van der Waals surface area contributed by atoms with Gasteiger partial charge in [-0.15, -0.1) is 0 Å². The molecule has 0 saturated heterocycles. The third-order valence-electron chi connectivity index (χ3n) is 0.967. The van der Waals surface area contributed by atoms with Crippen LogP contribution in [0.2, 0.25) is 0 Å². The van der Waals surface area contributed by atoms with Crippen molar-refractivity contribution < 1.29 is 62.8 Å². The first kappa shape index (κ1) is 22.7. The van der Waals surface area contributed by atoms with Crippen LogP contribution in [0.25, 0.3) is 0 Å². The molecule has 1 atom stereocenters. The van der Waals surface area contributed by atoms with Gasteiger partial charge in [0.2, 0.25) is 0 Å². The zero-order valence-corrected chi connectivity index (χ0v) is 13.4. The van der Waals surface area contributed by atoms with Gasteiger partial charge in [0.15, 0.2) is 0 Å². The van der Waals surface area contributed by atoms with Crippen LogP contribution in [0.1, 0.15) is 13.8 Å². The molecule has 0 radical (unpaired) electrons. The number of hydrogen-bond donors (Lipinski definition) is 1. The quantitative estimate of drug-likeness (QED) is 0.329. The molecule has 1 unspecified atom stereocenters. The predicted octanol–water partition coefficient (Wildman–Crippen LogP) is -2.83. The van der Waals surface area contributed by atoms with Crippen LogP contribution in [-0.4, -0.2) is 23.4 Å². The zero-order chi connectivity index (χ0) is 13.9. The van der Waals surface area contributed by atoms with E-state index >= 15 is 0 Å². The van der Waals surface area contributed by atoms with Crippen molar-refractivity contribution in [3.05, 3.63) is 24.8 Å². The monoisotopic (exact) mass is 288 g/mol.